The zero-order valence-corrected chi connectivity index (χ0v) is 13.9. The van der Waals surface area contributed by atoms with Crippen LogP contribution >= 0.6 is 35.2 Å². The van der Waals surface area contributed by atoms with Gasteiger partial charge in [-0.1, -0.05) is 17.7 Å². The van der Waals surface area contributed by atoms with Gasteiger partial charge in [0.25, 0.3) is 5.69 Å². The molecule has 2 N–H and O–H groups in total. The first kappa shape index (κ1) is 17.1. The van der Waals surface area contributed by atoms with E-state index in [0.717, 1.165) is 4.88 Å². The van der Waals surface area contributed by atoms with Crippen LogP contribution in [0.3, 0.4) is 0 Å². The number of nitrogens with zero attached hydrogens (tertiary/aromatic N) is 1. The zero-order chi connectivity index (χ0) is 16.8. The van der Waals surface area contributed by atoms with Crippen molar-refractivity contribution in [3.63, 3.8) is 0 Å². The number of thiocarbonyl (C=S) groups is 1. The maximum Gasteiger partial charge on any atom is 0.294 e. The van der Waals surface area contributed by atoms with Crippen LogP contribution in [0, 0.1) is 10.1 Å². The fraction of sp³-hybridized carbons (Fsp3) is 0. The van der Waals surface area contributed by atoms with E-state index in [1.54, 1.807) is 6.08 Å². The van der Waals surface area contributed by atoms with Crippen molar-refractivity contribution in [2.45, 2.75) is 0 Å². The Labute approximate surface area is 145 Å². The summed E-state index contributed by atoms with van der Waals surface area (Å²) in [5, 5.41) is 18.1. The van der Waals surface area contributed by atoms with Crippen LogP contribution in [-0.2, 0) is 4.79 Å². The second-order valence-electron chi connectivity index (χ2n) is 4.21. The molecule has 0 radical (unpaired) electrons. The summed E-state index contributed by atoms with van der Waals surface area (Å²) in [5.41, 5.74) is -0.0878. The van der Waals surface area contributed by atoms with Gasteiger partial charge in [-0.3, -0.25) is 20.2 Å². The van der Waals surface area contributed by atoms with E-state index >= 15 is 0 Å². The van der Waals surface area contributed by atoms with Crippen molar-refractivity contribution in [3.8, 4) is 0 Å². The molecule has 0 saturated carbocycles. The highest BCUT2D eigenvalue weighted by Gasteiger charge is 2.15. The number of hydrogen-bond donors (Lipinski definition) is 2. The van der Waals surface area contributed by atoms with E-state index < -0.39 is 10.8 Å². The van der Waals surface area contributed by atoms with E-state index in [9.17, 15) is 14.9 Å². The summed E-state index contributed by atoms with van der Waals surface area (Å²) in [6.07, 6.45) is 2.98. The monoisotopic (exact) mass is 367 g/mol. The van der Waals surface area contributed by atoms with Crippen molar-refractivity contribution in [2.75, 3.05) is 5.32 Å². The molecule has 23 heavy (non-hydrogen) atoms. The fourth-order valence-corrected chi connectivity index (χ4v) is 2.61. The summed E-state index contributed by atoms with van der Waals surface area (Å²) in [5.74, 6) is -0.437. The minimum Gasteiger partial charge on any atom is -0.327 e. The van der Waals surface area contributed by atoms with Gasteiger partial charge in [-0.2, -0.15) is 0 Å². The molecule has 0 fully saturated rings. The van der Waals surface area contributed by atoms with Crippen molar-refractivity contribution >= 4 is 63.6 Å². The molecule has 118 valence electrons. The van der Waals surface area contributed by atoms with Gasteiger partial charge in [-0.25, -0.2) is 0 Å². The third-order valence-electron chi connectivity index (χ3n) is 2.58. The summed E-state index contributed by atoms with van der Waals surface area (Å²) >= 11 is 12.2. The van der Waals surface area contributed by atoms with E-state index in [-0.39, 0.29) is 21.5 Å². The molecule has 0 bridgehead atoms. The molecule has 1 heterocycles. The van der Waals surface area contributed by atoms with Crippen LogP contribution in [0.15, 0.2) is 41.8 Å². The standard InChI is InChI=1S/C14H10ClN3O3S2/c15-9-3-5-11(12(8-9)18(20)21)16-14(22)17-13(19)6-4-10-2-1-7-23-10/h1-8H,(H2,16,17,19,22). The molecule has 0 spiro atoms. The Balaban J connectivity index is 2.00. The third-order valence-corrected chi connectivity index (χ3v) is 3.86. The number of nitro benzene ring substituents is 1. The van der Waals surface area contributed by atoms with Crippen LogP contribution in [0.25, 0.3) is 6.08 Å². The molecule has 2 rings (SSSR count). The molecule has 1 aromatic heterocycles. The SMILES string of the molecule is O=C(C=Cc1cccs1)NC(=S)Nc1ccc(Cl)cc1[N+](=O)[O-]. The predicted molar refractivity (Wildman–Crippen MR) is 95.8 cm³/mol. The van der Waals surface area contributed by atoms with Gasteiger partial charge in [0, 0.05) is 22.0 Å². The lowest BCUT2D eigenvalue weighted by Gasteiger charge is -2.08. The fourth-order valence-electron chi connectivity index (χ4n) is 1.61. The van der Waals surface area contributed by atoms with Crippen LogP contribution in [0.4, 0.5) is 11.4 Å². The number of nitrogens with one attached hydrogen (secondary N) is 2. The molecule has 0 unspecified atom stereocenters. The summed E-state index contributed by atoms with van der Waals surface area (Å²) in [4.78, 5) is 23.0. The smallest absolute Gasteiger partial charge is 0.294 e. The van der Waals surface area contributed by atoms with Gasteiger partial charge >= 0.3 is 0 Å². The maximum absolute atomic E-state index is 11.7. The van der Waals surface area contributed by atoms with Gasteiger partial charge in [0.05, 0.1) is 4.92 Å². The molecule has 2 aromatic rings. The summed E-state index contributed by atoms with van der Waals surface area (Å²) in [6.45, 7) is 0. The first-order chi connectivity index (χ1) is 11.0. The van der Waals surface area contributed by atoms with E-state index in [2.05, 4.69) is 10.6 Å². The largest absolute Gasteiger partial charge is 0.327 e. The van der Waals surface area contributed by atoms with E-state index in [0.29, 0.717) is 0 Å². The first-order valence-electron chi connectivity index (χ1n) is 6.23. The van der Waals surface area contributed by atoms with E-state index in [4.69, 9.17) is 23.8 Å². The number of anilines is 1. The Kier molecular flexibility index (Phi) is 5.80. The molecular formula is C14H10ClN3O3S2. The minimum absolute atomic E-state index is 0.0451. The molecule has 0 atom stereocenters. The lowest BCUT2D eigenvalue weighted by molar-refractivity contribution is -0.383. The van der Waals surface area contributed by atoms with Crippen LogP contribution in [0.1, 0.15) is 4.88 Å². The molecule has 9 heteroatoms. The van der Waals surface area contributed by atoms with Gasteiger partial charge in [-0.15, -0.1) is 11.3 Å². The summed E-state index contributed by atoms with van der Waals surface area (Å²) in [7, 11) is 0. The second-order valence-corrected chi connectivity index (χ2v) is 6.03. The Morgan fingerprint density at radius 2 is 2.17 bits per heavy atom. The molecule has 0 aliphatic carbocycles. The molecule has 1 aromatic carbocycles. The van der Waals surface area contributed by atoms with Crippen molar-refractivity contribution in [1.82, 2.24) is 5.32 Å². The number of halogens is 1. The van der Waals surface area contributed by atoms with E-state index in [1.165, 1.54) is 35.6 Å². The number of rotatable bonds is 4. The highest BCUT2D eigenvalue weighted by Crippen LogP contribution is 2.27. The first-order valence-corrected chi connectivity index (χ1v) is 7.90. The maximum atomic E-state index is 11.7. The van der Waals surface area contributed by atoms with Gasteiger partial charge in [0.2, 0.25) is 5.91 Å². The topological polar surface area (TPSA) is 84.3 Å². The highest BCUT2D eigenvalue weighted by atomic mass is 35.5. The number of benzene rings is 1. The number of amides is 1. The van der Waals surface area contributed by atoms with Gasteiger partial charge < -0.3 is 5.32 Å². The van der Waals surface area contributed by atoms with Crippen LogP contribution in [0.2, 0.25) is 5.02 Å². The molecule has 0 saturated heterocycles. The van der Waals surface area contributed by atoms with Crippen LogP contribution in [-0.4, -0.2) is 15.9 Å². The van der Waals surface area contributed by atoms with Gasteiger partial charge in [0.15, 0.2) is 5.11 Å². The molecule has 0 aliphatic heterocycles. The van der Waals surface area contributed by atoms with Crippen molar-refractivity contribution in [1.29, 1.82) is 0 Å². The van der Waals surface area contributed by atoms with Crippen molar-refractivity contribution in [3.05, 3.63) is 61.8 Å². The Morgan fingerprint density at radius 1 is 1.39 bits per heavy atom. The normalized spacial score (nSPS) is 10.5. The average Bonchev–Trinajstić information content (AvgIpc) is 3.00. The van der Waals surface area contributed by atoms with Crippen molar-refractivity contribution < 1.29 is 9.72 Å². The van der Waals surface area contributed by atoms with Crippen LogP contribution in [0.5, 0.6) is 0 Å². The zero-order valence-electron chi connectivity index (χ0n) is 11.5. The molecule has 1 amide bonds. The Bertz CT molecular complexity index is 776. The van der Waals surface area contributed by atoms with Crippen molar-refractivity contribution in [2.24, 2.45) is 0 Å². The third kappa shape index (κ3) is 5.13. The molecular weight excluding hydrogens is 358 g/mol. The van der Waals surface area contributed by atoms with Gasteiger partial charge in [-0.05, 0) is 41.9 Å². The second kappa shape index (κ2) is 7.82. The predicted octanol–water partition coefficient (Wildman–Crippen LogP) is 3.84. The number of nitro groups is 1. The number of hydrogen-bond acceptors (Lipinski definition) is 5. The number of carbonyl (C=O) groups excluding carboxylic acids is 1. The average molecular weight is 368 g/mol. The lowest BCUT2D eigenvalue weighted by Crippen LogP contribution is -2.33. The number of thiophene rings is 1. The summed E-state index contributed by atoms with van der Waals surface area (Å²) < 4.78 is 0. The lowest BCUT2D eigenvalue weighted by atomic mass is 10.2. The Hall–Kier alpha value is -2.29. The van der Waals surface area contributed by atoms with Crippen LogP contribution < -0.4 is 10.6 Å². The quantitative estimate of drug-likeness (QED) is 0.371. The summed E-state index contributed by atoms with van der Waals surface area (Å²) in [6, 6.07) is 7.83. The van der Waals surface area contributed by atoms with Gasteiger partial charge in [0.1, 0.15) is 5.69 Å². The molecule has 6 nitrogen and oxygen atoms in total. The van der Waals surface area contributed by atoms with E-state index in [1.807, 2.05) is 17.5 Å². The molecule has 0 aliphatic rings. The number of carbonyl (C=O) groups is 1. The minimum atomic E-state index is -0.588. The Morgan fingerprint density at radius 3 is 2.83 bits per heavy atom. The highest BCUT2D eigenvalue weighted by molar-refractivity contribution is 7.80.